The number of rotatable bonds is 7. The van der Waals surface area contributed by atoms with Crippen molar-refractivity contribution in [1.82, 2.24) is 16.2 Å². The zero-order valence-corrected chi connectivity index (χ0v) is 13.6. The van der Waals surface area contributed by atoms with E-state index in [9.17, 15) is 9.18 Å². The molecule has 122 valence electrons. The molecule has 0 bridgehead atoms. The molecule has 0 aromatic heterocycles. The Morgan fingerprint density at radius 1 is 1.36 bits per heavy atom. The number of thiocarbonyl (C=S) groups is 1. The van der Waals surface area contributed by atoms with E-state index in [0.717, 1.165) is 19.5 Å². The highest BCUT2D eigenvalue weighted by Crippen LogP contribution is 2.11. The van der Waals surface area contributed by atoms with Crippen molar-refractivity contribution in [2.24, 2.45) is 0 Å². The molecule has 6 nitrogen and oxygen atoms in total. The minimum absolute atomic E-state index is 0.233. The van der Waals surface area contributed by atoms with Gasteiger partial charge in [0.1, 0.15) is 11.6 Å². The SMILES string of the molecule is C[NH+](C)CCCNC(=S)NNC(=O)COc1cccc(F)c1. The molecular formula is C14H22FN4O2S+. The number of hydrogen-bond donors (Lipinski definition) is 4. The number of quaternary nitrogens is 1. The van der Waals surface area contributed by atoms with Crippen LogP contribution in [0.15, 0.2) is 24.3 Å². The quantitative estimate of drug-likeness (QED) is 0.301. The fraction of sp³-hybridized carbons (Fsp3) is 0.429. The van der Waals surface area contributed by atoms with Crippen LogP contribution in [-0.4, -0.2) is 44.8 Å². The van der Waals surface area contributed by atoms with Crippen LogP contribution in [0.4, 0.5) is 4.39 Å². The summed E-state index contributed by atoms with van der Waals surface area (Å²) in [7, 11) is 4.16. The summed E-state index contributed by atoms with van der Waals surface area (Å²) in [4.78, 5) is 12.9. The summed E-state index contributed by atoms with van der Waals surface area (Å²) < 4.78 is 18.1. The molecule has 0 saturated carbocycles. The van der Waals surface area contributed by atoms with Crippen LogP contribution in [-0.2, 0) is 4.79 Å². The number of ether oxygens (including phenoxy) is 1. The lowest BCUT2D eigenvalue weighted by Gasteiger charge is -2.12. The van der Waals surface area contributed by atoms with Crippen LogP contribution in [0, 0.1) is 5.82 Å². The number of hydrazine groups is 1. The summed E-state index contributed by atoms with van der Waals surface area (Å²) in [5.74, 6) is -0.533. The molecule has 0 radical (unpaired) electrons. The second-order valence-electron chi connectivity index (χ2n) is 4.99. The van der Waals surface area contributed by atoms with E-state index in [2.05, 4.69) is 30.3 Å². The minimum atomic E-state index is -0.416. The number of carbonyl (C=O) groups excluding carboxylic acids is 1. The highest BCUT2D eigenvalue weighted by Gasteiger charge is 2.04. The molecule has 1 amide bonds. The van der Waals surface area contributed by atoms with E-state index in [1.807, 2.05) is 0 Å². The van der Waals surface area contributed by atoms with Crippen LogP contribution < -0.4 is 25.8 Å². The smallest absolute Gasteiger partial charge is 0.276 e. The van der Waals surface area contributed by atoms with Gasteiger partial charge in [0.2, 0.25) is 0 Å². The molecule has 4 N–H and O–H groups in total. The fourth-order valence-electron chi connectivity index (χ4n) is 1.56. The molecule has 0 atom stereocenters. The fourth-order valence-corrected chi connectivity index (χ4v) is 1.71. The highest BCUT2D eigenvalue weighted by molar-refractivity contribution is 7.80. The monoisotopic (exact) mass is 329 g/mol. The number of benzene rings is 1. The van der Waals surface area contributed by atoms with Gasteiger partial charge in [-0.15, -0.1) is 0 Å². The van der Waals surface area contributed by atoms with Gasteiger partial charge >= 0.3 is 0 Å². The first kappa shape index (κ1) is 18.1. The largest absolute Gasteiger partial charge is 0.484 e. The second-order valence-corrected chi connectivity index (χ2v) is 5.39. The summed E-state index contributed by atoms with van der Waals surface area (Å²) in [6.07, 6.45) is 0.973. The van der Waals surface area contributed by atoms with Crippen molar-refractivity contribution in [1.29, 1.82) is 0 Å². The van der Waals surface area contributed by atoms with E-state index >= 15 is 0 Å². The van der Waals surface area contributed by atoms with Gasteiger partial charge in [0.05, 0.1) is 20.6 Å². The Bertz CT molecular complexity index is 499. The minimum Gasteiger partial charge on any atom is -0.484 e. The predicted molar refractivity (Wildman–Crippen MR) is 86.1 cm³/mol. The van der Waals surface area contributed by atoms with Crippen molar-refractivity contribution < 1.29 is 18.8 Å². The van der Waals surface area contributed by atoms with Crippen LogP contribution in [0.25, 0.3) is 0 Å². The maximum Gasteiger partial charge on any atom is 0.276 e. The van der Waals surface area contributed by atoms with Gasteiger partial charge in [-0.2, -0.15) is 0 Å². The zero-order valence-electron chi connectivity index (χ0n) is 12.7. The van der Waals surface area contributed by atoms with Gasteiger partial charge in [0.15, 0.2) is 11.7 Å². The summed E-state index contributed by atoms with van der Waals surface area (Å²) in [5, 5.41) is 3.32. The number of hydrogen-bond acceptors (Lipinski definition) is 3. The molecule has 0 heterocycles. The van der Waals surface area contributed by atoms with Gasteiger partial charge in [-0.25, -0.2) is 4.39 Å². The van der Waals surface area contributed by atoms with Crippen molar-refractivity contribution in [3.05, 3.63) is 30.1 Å². The molecule has 0 saturated heterocycles. The average Bonchev–Trinajstić information content (AvgIpc) is 2.47. The van der Waals surface area contributed by atoms with E-state index in [1.165, 1.54) is 23.1 Å². The second kappa shape index (κ2) is 9.91. The van der Waals surface area contributed by atoms with Crippen molar-refractivity contribution in [3.8, 4) is 5.75 Å². The Hall–Kier alpha value is -1.93. The normalized spacial score (nSPS) is 10.2. The average molecular weight is 329 g/mol. The van der Waals surface area contributed by atoms with Crippen molar-refractivity contribution in [3.63, 3.8) is 0 Å². The Morgan fingerprint density at radius 3 is 2.82 bits per heavy atom. The van der Waals surface area contributed by atoms with Gasteiger partial charge in [-0.1, -0.05) is 6.07 Å². The molecule has 0 aliphatic heterocycles. The summed E-state index contributed by atoms with van der Waals surface area (Å²) in [6.45, 7) is 1.53. The van der Waals surface area contributed by atoms with Crippen LogP contribution in [0.2, 0.25) is 0 Å². The van der Waals surface area contributed by atoms with E-state index in [1.54, 1.807) is 6.07 Å². The topological polar surface area (TPSA) is 66.8 Å². The molecule has 1 rings (SSSR count). The molecule has 0 aliphatic carbocycles. The van der Waals surface area contributed by atoms with E-state index in [-0.39, 0.29) is 6.61 Å². The van der Waals surface area contributed by atoms with Crippen LogP contribution in [0.3, 0.4) is 0 Å². The van der Waals surface area contributed by atoms with Gasteiger partial charge in [0.25, 0.3) is 5.91 Å². The lowest BCUT2D eigenvalue weighted by Crippen LogP contribution is -3.05. The van der Waals surface area contributed by atoms with Gasteiger partial charge in [0, 0.05) is 19.0 Å². The molecule has 0 aliphatic rings. The number of halogens is 1. The molecule has 0 fully saturated rings. The molecule has 1 aromatic carbocycles. The zero-order chi connectivity index (χ0) is 16.4. The Kier molecular flexibility index (Phi) is 8.16. The van der Waals surface area contributed by atoms with Gasteiger partial charge in [-0.3, -0.25) is 15.6 Å². The van der Waals surface area contributed by atoms with Crippen molar-refractivity contribution >= 4 is 23.2 Å². The summed E-state index contributed by atoms with van der Waals surface area (Å²) >= 11 is 5.01. The van der Waals surface area contributed by atoms with Crippen molar-refractivity contribution in [2.45, 2.75) is 6.42 Å². The predicted octanol–water partition coefficient (Wildman–Crippen LogP) is -0.766. The molecule has 0 unspecified atom stereocenters. The number of carbonyl (C=O) groups is 1. The molecule has 22 heavy (non-hydrogen) atoms. The third-order valence-corrected chi connectivity index (χ3v) is 2.87. The summed E-state index contributed by atoms with van der Waals surface area (Å²) in [5.41, 5.74) is 4.98. The van der Waals surface area contributed by atoms with E-state index in [0.29, 0.717) is 10.9 Å². The van der Waals surface area contributed by atoms with E-state index < -0.39 is 11.7 Å². The van der Waals surface area contributed by atoms with Crippen LogP contribution >= 0.6 is 12.2 Å². The molecule has 1 aromatic rings. The van der Waals surface area contributed by atoms with E-state index in [4.69, 9.17) is 17.0 Å². The third-order valence-electron chi connectivity index (χ3n) is 2.62. The van der Waals surface area contributed by atoms with Gasteiger partial charge in [-0.05, 0) is 24.4 Å². The number of amides is 1. The first-order chi connectivity index (χ1) is 10.5. The molecule has 0 spiro atoms. The lowest BCUT2D eigenvalue weighted by atomic mass is 10.3. The van der Waals surface area contributed by atoms with Crippen molar-refractivity contribution in [2.75, 3.05) is 33.8 Å². The maximum atomic E-state index is 12.9. The first-order valence-corrected chi connectivity index (χ1v) is 7.38. The maximum absolute atomic E-state index is 12.9. The number of nitrogens with one attached hydrogen (secondary N) is 4. The molecular weight excluding hydrogens is 307 g/mol. The Labute approximate surface area is 135 Å². The van der Waals surface area contributed by atoms with Gasteiger partial charge < -0.3 is 15.0 Å². The first-order valence-electron chi connectivity index (χ1n) is 6.97. The molecule has 8 heteroatoms. The third kappa shape index (κ3) is 8.38. The Balaban J connectivity index is 2.13. The summed E-state index contributed by atoms with van der Waals surface area (Å²) in [6, 6.07) is 5.59. The van der Waals surface area contributed by atoms with Crippen LogP contribution in [0.1, 0.15) is 6.42 Å². The standard InChI is InChI=1S/C14H21FN4O2S/c1-19(2)8-4-7-16-14(22)18-17-13(20)10-21-12-6-3-5-11(15)9-12/h3,5-6,9H,4,7-8,10H2,1-2H3,(H,17,20)(H2,16,18,22)/p+1. The lowest BCUT2D eigenvalue weighted by molar-refractivity contribution is -0.858. The Morgan fingerprint density at radius 2 is 2.14 bits per heavy atom. The highest BCUT2D eigenvalue weighted by atomic mass is 32.1. The van der Waals surface area contributed by atoms with Crippen LogP contribution in [0.5, 0.6) is 5.75 Å².